The summed E-state index contributed by atoms with van der Waals surface area (Å²) in [6, 6.07) is 5.59. The molecule has 1 aromatic heterocycles. The minimum atomic E-state index is -1.19. The third-order valence-corrected chi connectivity index (χ3v) is 3.79. The van der Waals surface area contributed by atoms with E-state index in [1.165, 1.54) is 37.4 Å². The molecule has 0 aliphatic rings. The molecule has 0 saturated carbocycles. The van der Waals surface area contributed by atoms with Gasteiger partial charge in [-0.1, -0.05) is 11.6 Å². The van der Waals surface area contributed by atoms with Crippen LogP contribution in [0.1, 0.15) is 15.9 Å². The molecule has 10 heteroatoms. The molecule has 0 radical (unpaired) electrons. The van der Waals surface area contributed by atoms with Gasteiger partial charge >= 0.3 is 5.97 Å². The monoisotopic (exact) mass is 381 g/mol. The standard InChI is InChI=1S/C16H16ClN3O6/c1-9-13(20(24)25)5-4-12(17)14(9)19-15-11(3-2-6-18-15)16(23)26-8-10(22)7-21/h2-6,10,21-22H,7-8H2,1H3,(H,18,19). The van der Waals surface area contributed by atoms with Crippen LogP contribution in [0, 0.1) is 17.0 Å². The summed E-state index contributed by atoms with van der Waals surface area (Å²) in [4.78, 5) is 26.8. The van der Waals surface area contributed by atoms with Gasteiger partial charge in [0.2, 0.25) is 0 Å². The maximum atomic E-state index is 12.2. The number of carbonyl (C=O) groups is 1. The summed E-state index contributed by atoms with van der Waals surface area (Å²) in [7, 11) is 0. The van der Waals surface area contributed by atoms with E-state index in [1.807, 2.05) is 0 Å². The van der Waals surface area contributed by atoms with Crippen molar-refractivity contribution < 1.29 is 24.7 Å². The van der Waals surface area contributed by atoms with Gasteiger partial charge in [0.15, 0.2) is 0 Å². The zero-order valence-electron chi connectivity index (χ0n) is 13.7. The van der Waals surface area contributed by atoms with Gasteiger partial charge in [0, 0.05) is 12.3 Å². The molecule has 3 N–H and O–H groups in total. The van der Waals surface area contributed by atoms with E-state index in [0.29, 0.717) is 0 Å². The zero-order valence-corrected chi connectivity index (χ0v) is 14.4. The molecule has 1 atom stereocenters. The van der Waals surface area contributed by atoms with E-state index in [-0.39, 0.29) is 39.9 Å². The van der Waals surface area contributed by atoms with Crippen molar-refractivity contribution >= 4 is 34.8 Å². The maximum absolute atomic E-state index is 12.2. The lowest BCUT2D eigenvalue weighted by Gasteiger charge is -2.14. The number of nitrogens with zero attached hydrogens (tertiary/aromatic N) is 2. The Morgan fingerprint density at radius 2 is 2.19 bits per heavy atom. The summed E-state index contributed by atoms with van der Waals surface area (Å²) in [5.41, 5.74) is 0.426. The zero-order chi connectivity index (χ0) is 19.3. The molecule has 0 fully saturated rings. The molecule has 2 rings (SSSR count). The van der Waals surface area contributed by atoms with Crippen molar-refractivity contribution in [2.24, 2.45) is 0 Å². The Hall–Kier alpha value is -2.75. The number of esters is 1. The molecule has 1 aromatic carbocycles. The van der Waals surface area contributed by atoms with E-state index >= 15 is 0 Å². The molecular weight excluding hydrogens is 366 g/mol. The number of aromatic nitrogens is 1. The Balaban J connectivity index is 2.33. The van der Waals surface area contributed by atoms with Gasteiger partial charge in [-0.25, -0.2) is 9.78 Å². The molecule has 0 bridgehead atoms. The summed E-state index contributed by atoms with van der Waals surface area (Å²) in [5.74, 6) is -0.700. The fourth-order valence-corrected chi connectivity index (χ4v) is 2.36. The SMILES string of the molecule is Cc1c([N+](=O)[O-])ccc(Cl)c1Nc1ncccc1C(=O)OCC(O)CO. The smallest absolute Gasteiger partial charge is 0.342 e. The number of anilines is 2. The number of aliphatic hydroxyl groups excluding tert-OH is 2. The Labute approximate surface area is 153 Å². The van der Waals surface area contributed by atoms with Crippen LogP contribution in [0.25, 0.3) is 0 Å². The van der Waals surface area contributed by atoms with Crippen LogP contribution in [0.2, 0.25) is 5.02 Å². The number of nitro groups is 1. The molecule has 0 saturated heterocycles. The number of nitrogens with one attached hydrogen (secondary N) is 1. The van der Waals surface area contributed by atoms with Gasteiger partial charge in [-0.05, 0) is 25.1 Å². The van der Waals surface area contributed by atoms with Crippen LogP contribution in [-0.2, 0) is 4.74 Å². The Morgan fingerprint density at radius 1 is 1.46 bits per heavy atom. The predicted molar refractivity (Wildman–Crippen MR) is 93.7 cm³/mol. The van der Waals surface area contributed by atoms with Gasteiger partial charge in [0.1, 0.15) is 24.1 Å². The van der Waals surface area contributed by atoms with Crippen molar-refractivity contribution in [1.82, 2.24) is 4.98 Å². The highest BCUT2D eigenvalue weighted by Crippen LogP contribution is 2.34. The number of hydrogen-bond donors (Lipinski definition) is 3. The average Bonchev–Trinajstić information content (AvgIpc) is 2.62. The van der Waals surface area contributed by atoms with Crippen molar-refractivity contribution in [3.8, 4) is 0 Å². The Kier molecular flexibility index (Phi) is 6.45. The van der Waals surface area contributed by atoms with Gasteiger partial charge in [-0.3, -0.25) is 10.1 Å². The van der Waals surface area contributed by atoms with Gasteiger partial charge in [0.05, 0.1) is 27.8 Å². The summed E-state index contributed by atoms with van der Waals surface area (Å²) < 4.78 is 4.91. The number of rotatable bonds is 7. The van der Waals surface area contributed by atoms with Gasteiger partial charge in [0.25, 0.3) is 5.69 Å². The van der Waals surface area contributed by atoms with Crippen LogP contribution >= 0.6 is 11.6 Å². The number of carbonyl (C=O) groups excluding carboxylic acids is 1. The van der Waals surface area contributed by atoms with E-state index in [0.717, 1.165) is 0 Å². The second-order valence-corrected chi connectivity index (χ2v) is 5.69. The first kappa shape index (κ1) is 19.6. The summed E-state index contributed by atoms with van der Waals surface area (Å²) in [5, 5.41) is 32.2. The number of pyridine rings is 1. The molecular formula is C16H16ClN3O6. The van der Waals surface area contributed by atoms with Crippen LogP contribution in [0.15, 0.2) is 30.5 Å². The van der Waals surface area contributed by atoms with Crippen molar-refractivity contribution in [2.75, 3.05) is 18.5 Å². The topological polar surface area (TPSA) is 135 Å². The van der Waals surface area contributed by atoms with Crippen molar-refractivity contribution in [3.63, 3.8) is 0 Å². The number of benzene rings is 1. The van der Waals surface area contributed by atoms with Crippen LogP contribution in [-0.4, -0.2) is 45.4 Å². The lowest BCUT2D eigenvalue weighted by molar-refractivity contribution is -0.385. The first-order chi connectivity index (χ1) is 12.3. The van der Waals surface area contributed by atoms with E-state index < -0.39 is 23.6 Å². The lowest BCUT2D eigenvalue weighted by Crippen LogP contribution is -2.22. The molecule has 9 nitrogen and oxygen atoms in total. The molecule has 1 unspecified atom stereocenters. The lowest BCUT2D eigenvalue weighted by atomic mass is 10.1. The normalized spacial score (nSPS) is 11.7. The Bertz CT molecular complexity index is 830. The number of halogens is 1. The van der Waals surface area contributed by atoms with Gasteiger partial charge in [-0.2, -0.15) is 0 Å². The summed E-state index contributed by atoms with van der Waals surface area (Å²) in [6.45, 7) is 0.582. The van der Waals surface area contributed by atoms with Crippen molar-refractivity contribution in [2.45, 2.75) is 13.0 Å². The highest BCUT2D eigenvalue weighted by Gasteiger charge is 2.20. The number of aliphatic hydroxyl groups is 2. The highest BCUT2D eigenvalue weighted by atomic mass is 35.5. The number of hydrogen-bond acceptors (Lipinski definition) is 8. The minimum Gasteiger partial charge on any atom is -0.459 e. The minimum absolute atomic E-state index is 0.0413. The fourth-order valence-electron chi connectivity index (χ4n) is 2.11. The van der Waals surface area contributed by atoms with Gasteiger partial charge in [-0.15, -0.1) is 0 Å². The molecule has 2 aromatic rings. The van der Waals surface area contributed by atoms with Crippen LogP contribution in [0.3, 0.4) is 0 Å². The molecule has 0 aliphatic carbocycles. The molecule has 138 valence electrons. The molecule has 0 spiro atoms. The number of ether oxygens (including phenoxy) is 1. The van der Waals surface area contributed by atoms with E-state index in [2.05, 4.69) is 10.3 Å². The Morgan fingerprint density at radius 3 is 2.85 bits per heavy atom. The van der Waals surface area contributed by atoms with Gasteiger partial charge < -0.3 is 20.3 Å². The van der Waals surface area contributed by atoms with Crippen molar-refractivity contribution in [1.29, 1.82) is 0 Å². The largest absolute Gasteiger partial charge is 0.459 e. The van der Waals surface area contributed by atoms with Crippen LogP contribution < -0.4 is 5.32 Å². The predicted octanol–water partition coefficient (Wildman–Crippen LogP) is 2.21. The van der Waals surface area contributed by atoms with E-state index in [1.54, 1.807) is 0 Å². The van der Waals surface area contributed by atoms with Crippen LogP contribution in [0.5, 0.6) is 0 Å². The fraction of sp³-hybridized carbons (Fsp3) is 0.250. The molecule has 26 heavy (non-hydrogen) atoms. The second-order valence-electron chi connectivity index (χ2n) is 5.28. The molecule has 0 aliphatic heterocycles. The van der Waals surface area contributed by atoms with E-state index in [4.69, 9.17) is 21.4 Å². The molecule has 0 amide bonds. The quantitative estimate of drug-likeness (QED) is 0.377. The first-order valence-corrected chi connectivity index (χ1v) is 7.84. The third kappa shape index (κ3) is 4.45. The summed E-state index contributed by atoms with van der Waals surface area (Å²) >= 11 is 6.12. The number of nitro benzene ring substituents is 1. The highest BCUT2D eigenvalue weighted by molar-refractivity contribution is 6.33. The maximum Gasteiger partial charge on any atom is 0.342 e. The summed E-state index contributed by atoms with van der Waals surface area (Å²) in [6.07, 6.45) is 0.225. The average molecular weight is 382 g/mol. The van der Waals surface area contributed by atoms with Crippen molar-refractivity contribution in [3.05, 3.63) is 56.7 Å². The first-order valence-electron chi connectivity index (χ1n) is 7.46. The second kappa shape index (κ2) is 8.56. The molecule has 1 heterocycles. The van der Waals surface area contributed by atoms with E-state index in [9.17, 15) is 20.0 Å². The van der Waals surface area contributed by atoms with Crippen LogP contribution in [0.4, 0.5) is 17.2 Å². The third-order valence-electron chi connectivity index (χ3n) is 3.47.